The van der Waals surface area contributed by atoms with Gasteiger partial charge in [0.1, 0.15) is 0 Å². The number of hydrogen-bond donors (Lipinski definition) is 3. The van der Waals surface area contributed by atoms with Gasteiger partial charge in [0.05, 0.1) is 6.54 Å². The fourth-order valence-corrected chi connectivity index (χ4v) is 0.162. The van der Waals surface area contributed by atoms with Gasteiger partial charge in [-0.25, -0.2) is 10.2 Å². The van der Waals surface area contributed by atoms with Crippen LogP contribution >= 0.6 is 0 Å². The van der Waals surface area contributed by atoms with E-state index in [0.29, 0.717) is 0 Å². The molecule has 0 saturated carbocycles. The highest BCUT2D eigenvalue weighted by atomic mass is 16.4. The minimum Gasteiger partial charge on any atom is -0.464 e. The molecule has 0 spiro atoms. The summed E-state index contributed by atoms with van der Waals surface area (Å²) < 4.78 is 0. The van der Waals surface area contributed by atoms with Gasteiger partial charge in [-0.05, 0) is 0 Å². The van der Waals surface area contributed by atoms with Crippen LogP contribution in [0.4, 0.5) is 4.79 Å². The predicted octanol–water partition coefficient (Wildman–Crippen LogP) is 0.106. The lowest BCUT2D eigenvalue weighted by atomic mass is 10.7. The highest BCUT2D eigenvalue weighted by Gasteiger charge is 1.86. The molecule has 0 aromatic heterocycles. The summed E-state index contributed by atoms with van der Waals surface area (Å²) in [6.45, 7) is 4.68. The molecule has 0 aliphatic rings. The van der Waals surface area contributed by atoms with Crippen LogP contribution in [0.25, 0.3) is 0 Å². The number of nitrogens with one attached hydrogen (secondary N) is 2. The van der Waals surface area contributed by atoms with Crippen molar-refractivity contribution >= 4 is 6.09 Å². The zero-order valence-electron chi connectivity index (χ0n) is 4.22. The molecule has 0 heterocycles. The van der Waals surface area contributed by atoms with Crippen LogP contribution in [0.5, 0.6) is 0 Å². The van der Waals surface area contributed by atoms with Crippen LogP contribution in [0, 0.1) is 6.54 Å². The van der Waals surface area contributed by atoms with Crippen LogP contribution in [-0.2, 0) is 0 Å². The van der Waals surface area contributed by atoms with Crippen molar-refractivity contribution in [3.8, 4) is 0 Å². The molecule has 1 amide bonds. The molecular formula is C4H7N2O2. The molecular weight excluding hydrogens is 108 g/mol. The number of rotatable bonds is 3. The predicted molar refractivity (Wildman–Crippen MR) is 28.8 cm³/mol. The van der Waals surface area contributed by atoms with E-state index in [-0.39, 0.29) is 0 Å². The first-order valence-electron chi connectivity index (χ1n) is 1.96. The summed E-state index contributed by atoms with van der Waals surface area (Å²) in [6, 6.07) is 0. The molecule has 45 valence electrons. The van der Waals surface area contributed by atoms with Crippen LogP contribution in [0.3, 0.4) is 0 Å². The van der Waals surface area contributed by atoms with Gasteiger partial charge >= 0.3 is 6.09 Å². The molecule has 0 aromatic rings. The van der Waals surface area contributed by atoms with Gasteiger partial charge in [0, 0.05) is 0 Å². The van der Waals surface area contributed by atoms with E-state index in [0.717, 1.165) is 0 Å². The molecule has 0 bridgehead atoms. The van der Waals surface area contributed by atoms with E-state index < -0.39 is 6.09 Å². The van der Waals surface area contributed by atoms with E-state index in [2.05, 4.69) is 12.0 Å². The summed E-state index contributed by atoms with van der Waals surface area (Å²) in [5, 5.41) is 7.91. The lowest BCUT2D eigenvalue weighted by Gasteiger charge is -1.95. The van der Waals surface area contributed by atoms with Crippen LogP contribution in [0.15, 0.2) is 12.7 Å². The molecule has 1 radical (unpaired) electrons. The van der Waals surface area contributed by atoms with Crippen molar-refractivity contribution in [3.05, 3.63) is 19.2 Å². The molecule has 0 unspecified atom stereocenters. The van der Waals surface area contributed by atoms with Gasteiger partial charge in [0.2, 0.25) is 0 Å². The minimum atomic E-state index is -1.12. The fourth-order valence-electron chi connectivity index (χ4n) is 0.162. The summed E-state index contributed by atoms with van der Waals surface area (Å²) in [5.74, 6) is 0. The monoisotopic (exact) mass is 115 g/mol. The standard InChI is InChI=1S/C4H7N2O2/c1-2-3-5-6-4(7)8/h2-3,5-6H,1H2,(H,7,8). The third-order valence-electron chi connectivity index (χ3n) is 0.380. The highest BCUT2D eigenvalue weighted by Crippen LogP contribution is 1.62. The van der Waals surface area contributed by atoms with Gasteiger partial charge in [-0.15, -0.1) is 6.58 Å². The van der Waals surface area contributed by atoms with Crippen LogP contribution < -0.4 is 10.9 Å². The lowest BCUT2D eigenvalue weighted by Crippen LogP contribution is -2.33. The Kier molecular flexibility index (Phi) is 3.60. The average Bonchev–Trinajstić information content (AvgIpc) is 1.66. The summed E-state index contributed by atoms with van der Waals surface area (Å²) >= 11 is 0. The van der Waals surface area contributed by atoms with Gasteiger partial charge in [-0.3, -0.25) is 5.43 Å². The minimum absolute atomic E-state index is 1.12. The topological polar surface area (TPSA) is 61.4 Å². The van der Waals surface area contributed by atoms with Crippen LogP contribution in [0.2, 0.25) is 0 Å². The van der Waals surface area contributed by atoms with Crippen molar-refractivity contribution < 1.29 is 9.90 Å². The van der Waals surface area contributed by atoms with E-state index in [1.165, 1.54) is 12.6 Å². The van der Waals surface area contributed by atoms with Crippen molar-refractivity contribution in [1.29, 1.82) is 0 Å². The van der Waals surface area contributed by atoms with Crippen molar-refractivity contribution in [3.63, 3.8) is 0 Å². The third kappa shape index (κ3) is 4.97. The van der Waals surface area contributed by atoms with E-state index in [1.54, 1.807) is 0 Å². The van der Waals surface area contributed by atoms with Crippen LogP contribution in [0.1, 0.15) is 0 Å². The molecule has 4 heteroatoms. The second-order valence-corrected chi connectivity index (χ2v) is 0.977. The van der Waals surface area contributed by atoms with Gasteiger partial charge in [-0.1, -0.05) is 6.08 Å². The number of carbonyl (C=O) groups is 1. The smallest absolute Gasteiger partial charge is 0.419 e. The Balaban J connectivity index is 2.93. The molecule has 0 aromatic carbocycles. The lowest BCUT2D eigenvalue weighted by molar-refractivity contribution is 0.191. The average molecular weight is 115 g/mol. The molecule has 3 N–H and O–H groups in total. The first-order chi connectivity index (χ1) is 3.77. The Bertz CT molecular complexity index is 92.0. The Morgan fingerprint density at radius 2 is 2.38 bits per heavy atom. The first kappa shape index (κ1) is 6.97. The Morgan fingerprint density at radius 3 is 2.75 bits per heavy atom. The summed E-state index contributed by atoms with van der Waals surface area (Å²) in [4.78, 5) is 9.65. The molecule has 8 heavy (non-hydrogen) atoms. The van der Waals surface area contributed by atoms with Crippen molar-refractivity contribution in [2.24, 2.45) is 0 Å². The van der Waals surface area contributed by atoms with Gasteiger partial charge in [-0.2, -0.15) is 0 Å². The van der Waals surface area contributed by atoms with Gasteiger partial charge in [0.25, 0.3) is 0 Å². The summed E-state index contributed by atoms with van der Waals surface area (Å²) in [7, 11) is 0. The Morgan fingerprint density at radius 1 is 1.75 bits per heavy atom. The normalized spacial score (nSPS) is 8.00. The number of hydrazine groups is 1. The number of amides is 1. The van der Waals surface area contributed by atoms with Crippen molar-refractivity contribution in [2.45, 2.75) is 0 Å². The van der Waals surface area contributed by atoms with Crippen molar-refractivity contribution in [2.75, 3.05) is 0 Å². The second-order valence-electron chi connectivity index (χ2n) is 0.977. The number of carboxylic acid groups (broad SMARTS) is 1. The molecule has 0 rings (SSSR count). The van der Waals surface area contributed by atoms with Crippen LogP contribution in [-0.4, -0.2) is 11.2 Å². The Hall–Kier alpha value is -1.03. The molecule has 4 nitrogen and oxygen atoms in total. The zero-order valence-corrected chi connectivity index (χ0v) is 4.22. The zero-order chi connectivity index (χ0) is 6.41. The molecule has 0 aliphatic carbocycles. The molecule has 0 atom stereocenters. The molecule has 0 fully saturated rings. The van der Waals surface area contributed by atoms with Gasteiger partial charge < -0.3 is 5.11 Å². The second kappa shape index (κ2) is 4.14. The van der Waals surface area contributed by atoms with E-state index >= 15 is 0 Å². The molecule has 0 aliphatic heterocycles. The third-order valence-corrected chi connectivity index (χ3v) is 0.380. The van der Waals surface area contributed by atoms with E-state index in [1.807, 2.05) is 5.43 Å². The highest BCUT2D eigenvalue weighted by molar-refractivity contribution is 5.63. The Labute approximate surface area is 47.2 Å². The largest absolute Gasteiger partial charge is 0.464 e. The number of hydrogen-bond acceptors (Lipinski definition) is 2. The summed E-state index contributed by atoms with van der Waals surface area (Å²) in [5.41, 5.74) is 4.13. The van der Waals surface area contributed by atoms with Crippen molar-refractivity contribution in [1.82, 2.24) is 10.9 Å². The summed E-state index contributed by atoms with van der Waals surface area (Å²) in [6.07, 6.45) is 0.304. The van der Waals surface area contributed by atoms with Gasteiger partial charge in [0.15, 0.2) is 0 Å². The SMILES string of the molecule is C=C[CH]NNC(=O)O. The maximum atomic E-state index is 9.65. The van der Waals surface area contributed by atoms with E-state index in [9.17, 15) is 4.79 Å². The first-order valence-corrected chi connectivity index (χ1v) is 1.96. The molecule has 0 saturated heterocycles. The fraction of sp³-hybridized carbons (Fsp3) is 0. The van der Waals surface area contributed by atoms with E-state index in [4.69, 9.17) is 5.11 Å². The quantitative estimate of drug-likeness (QED) is 0.361. The maximum Gasteiger partial charge on any atom is 0.419 e. The maximum absolute atomic E-state index is 9.65.